The molecular weight excluding hydrogens is 324 g/mol. The van der Waals surface area contributed by atoms with Gasteiger partial charge in [-0.25, -0.2) is 4.79 Å². The van der Waals surface area contributed by atoms with E-state index < -0.39 is 5.97 Å². The highest BCUT2D eigenvalue weighted by Crippen LogP contribution is 2.25. The number of methoxy groups -OCH3 is 2. The molecule has 2 aromatic rings. The Labute approximate surface area is 146 Å². The molecule has 0 aliphatic heterocycles. The summed E-state index contributed by atoms with van der Waals surface area (Å²) in [4.78, 5) is 23.4. The van der Waals surface area contributed by atoms with Gasteiger partial charge in [-0.05, 0) is 31.2 Å². The number of Topliss-reactive ketones (excluding diaryl/α,β-unsaturated/α-hetero) is 1. The van der Waals surface area contributed by atoms with Gasteiger partial charge in [0.1, 0.15) is 36.0 Å². The lowest BCUT2D eigenvalue weighted by atomic mass is 10.1. The summed E-state index contributed by atoms with van der Waals surface area (Å²) in [5.41, 5.74) is 0.812. The fraction of sp³-hybridized carbons (Fsp3) is 0.263. The minimum absolute atomic E-state index is 0.102. The molecule has 0 aliphatic rings. The number of ether oxygens (including phenoxy) is 4. The van der Waals surface area contributed by atoms with Crippen LogP contribution in [0.4, 0.5) is 0 Å². The summed E-state index contributed by atoms with van der Waals surface area (Å²) >= 11 is 0. The topological polar surface area (TPSA) is 71.1 Å². The first-order valence-electron chi connectivity index (χ1n) is 7.68. The van der Waals surface area contributed by atoms with Crippen molar-refractivity contribution in [3.63, 3.8) is 0 Å². The van der Waals surface area contributed by atoms with Crippen molar-refractivity contribution < 1.29 is 28.5 Å². The van der Waals surface area contributed by atoms with E-state index in [1.807, 2.05) is 0 Å². The van der Waals surface area contributed by atoms with E-state index in [9.17, 15) is 9.59 Å². The van der Waals surface area contributed by atoms with Crippen LogP contribution < -0.4 is 14.2 Å². The largest absolute Gasteiger partial charge is 0.497 e. The Bertz CT molecular complexity index is 753. The van der Waals surface area contributed by atoms with Gasteiger partial charge >= 0.3 is 5.97 Å². The Morgan fingerprint density at radius 1 is 0.880 bits per heavy atom. The number of benzene rings is 2. The van der Waals surface area contributed by atoms with Crippen LogP contribution in [0.15, 0.2) is 42.5 Å². The predicted octanol–water partition coefficient (Wildman–Crippen LogP) is 3.14. The van der Waals surface area contributed by atoms with Crippen LogP contribution in [0.2, 0.25) is 0 Å². The molecule has 0 fully saturated rings. The van der Waals surface area contributed by atoms with Crippen LogP contribution >= 0.6 is 0 Å². The van der Waals surface area contributed by atoms with Crippen LogP contribution in [0.1, 0.15) is 27.6 Å². The molecule has 0 unspecified atom stereocenters. The lowest BCUT2D eigenvalue weighted by Crippen LogP contribution is -2.13. The Morgan fingerprint density at radius 3 is 2.20 bits per heavy atom. The molecule has 0 heterocycles. The lowest BCUT2D eigenvalue weighted by molar-refractivity contribution is 0.0594. The highest BCUT2D eigenvalue weighted by atomic mass is 16.5. The SMILES string of the molecule is COC(=O)c1ccccc1OCCOc1cc(OC)ccc1C(C)=O. The molecule has 0 saturated carbocycles. The van der Waals surface area contributed by atoms with E-state index in [2.05, 4.69) is 0 Å². The first-order chi connectivity index (χ1) is 12.1. The van der Waals surface area contributed by atoms with E-state index in [1.54, 1.807) is 49.6 Å². The average molecular weight is 344 g/mol. The van der Waals surface area contributed by atoms with Crippen molar-refractivity contribution in [3.8, 4) is 17.2 Å². The van der Waals surface area contributed by atoms with Crippen molar-refractivity contribution >= 4 is 11.8 Å². The van der Waals surface area contributed by atoms with Gasteiger partial charge in [-0.15, -0.1) is 0 Å². The van der Waals surface area contributed by atoms with Crippen LogP contribution in [0.3, 0.4) is 0 Å². The summed E-state index contributed by atoms with van der Waals surface area (Å²) in [5, 5.41) is 0. The average Bonchev–Trinajstić information content (AvgIpc) is 2.64. The van der Waals surface area contributed by atoms with Crippen LogP contribution in [-0.2, 0) is 4.74 Å². The Hall–Kier alpha value is -3.02. The second kappa shape index (κ2) is 8.73. The third-order valence-corrected chi connectivity index (χ3v) is 3.46. The first kappa shape index (κ1) is 18.3. The maximum absolute atomic E-state index is 11.7. The number of carbonyl (C=O) groups excluding carboxylic acids is 2. The molecule has 0 amide bonds. The summed E-state index contributed by atoms with van der Waals surface area (Å²) in [6, 6.07) is 11.8. The fourth-order valence-electron chi connectivity index (χ4n) is 2.21. The Balaban J connectivity index is 2.00. The minimum atomic E-state index is -0.469. The molecule has 0 aromatic heterocycles. The van der Waals surface area contributed by atoms with E-state index in [4.69, 9.17) is 18.9 Å². The van der Waals surface area contributed by atoms with Crippen LogP contribution in [0.5, 0.6) is 17.2 Å². The highest BCUT2D eigenvalue weighted by Gasteiger charge is 2.13. The Morgan fingerprint density at radius 2 is 1.56 bits per heavy atom. The molecule has 0 bridgehead atoms. The minimum Gasteiger partial charge on any atom is -0.497 e. The van der Waals surface area contributed by atoms with E-state index in [1.165, 1.54) is 14.0 Å². The standard InChI is InChI=1S/C19H20O6/c1-13(20)15-9-8-14(22-2)12-18(15)25-11-10-24-17-7-5-4-6-16(17)19(21)23-3/h4-9,12H,10-11H2,1-3H3. The van der Waals surface area contributed by atoms with Gasteiger partial charge in [0.05, 0.1) is 19.8 Å². The molecule has 0 atom stereocenters. The van der Waals surface area contributed by atoms with Crippen molar-refractivity contribution in [3.05, 3.63) is 53.6 Å². The maximum atomic E-state index is 11.7. The number of rotatable bonds is 8. The monoisotopic (exact) mass is 344 g/mol. The van der Waals surface area contributed by atoms with E-state index in [-0.39, 0.29) is 19.0 Å². The van der Waals surface area contributed by atoms with Gasteiger partial charge in [0.25, 0.3) is 0 Å². The number of esters is 1. The van der Waals surface area contributed by atoms with Crippen molar-refractivity contribution in [1.82, 2.24) is 0 Å². The molecule has 6 heteroatoms. The van der Waals surface area contributed by atoms with Gasteiger partial charge in [-0.2, -0.15) is 0 Å². The smallest absolute Gasteiger partial charge is 0.341 e. The predicted molar refractivity (Wildman–Crippen MR) is 91.8 cm³/mol. The third-order valence-electron chi connectivity index (χ3n) is 3.46. The van der Waals surface area contributed by atoms with E-state index in [0.29, 0.717) is 28.4 Å². The number of hydrogen-bond acceptors (Lipinski definition) is 6. The van der Waals surface area contributed by atoms with E-state index >= 15 is 0 Å². The number of carbonyl (C=O) groups is 2. The summed E-state index contributed by atoms with van der Waals surface area (Å²) in [6.45, 7) is 1.86. The van der Waals surface area contributed by atoms with Crippen molar-refractivity contribution in [2.75, 3.05) is 27.4 Å². The molecular formula is C19H20O6. The molecule has 0 radical (unpaired) electrons. The summed E-state index contributed by atoms with van der Waals surface area (Å²) in [6.07, 6.45) is 0. The van der Waals surface area contributed by atoms with Crippen LogP contribution in [0, 0.1) is 0 Å². The van der Waals surface area contributed by atoms with Gasteiger partial charge in [0.2, 0.25) is 0 Å². The lowest BCUT2D eigenvalue weighted by Gasteiger charge is -2.13. The number of hydrogen-bond donors (Lipinski definition) is 0. The number of para-hydroxylation sites is 1. The van der Waals surface area contributed by atoms with Crippen LogP contribution in [0.25, 0.3) is 0 Å². The first-order valence-corrected chi connectivity index (χ1v) is 7.68. The summed E-state index contributed by atoms with van der Waals surface area (Å²) in [7, 11) is 2.85. The zero-order valence-electron chi connectivity index (χ0n) is 14.4. The zero-order chi connectivity index (χ0) is 18.2. The molecule has 6 nitrogen and oxygen atoms in total. The molecule has 2 rings (SSSR count). The second-order valence-electron chi connectivity index (χ2n) is 5.10. The van der Waals surface area contributed by atoms with Gasteiger partial charge < -0.3 is 18.9 Å². The maximum Gasteiger partial charge on any atom is 0.341 e. The van der Waals surface area contributed by atoms with Gasteiger partial charge in [-0.1, -0.05) is 12.1 Å². The zero-order valence-corrected chi connectivity index (χ0v) is 14.4. The van der Waals surface area contributed by atoms with Crippen molar-refractivity contribution in [1.29, 1.82) is 0 Å². The quantitative estimate of drug-likeness (QED) is 0.416. The molecule has 0 aliphatic carbocycles. The normalized spacial score (nSPS) is 10.0. The van der Waals surface area contributed by atoms with Gasteiger partial charge in [0.15, 0.2) is 5.78 Å². The Kier molecular flexibility index (Phi) is 6.39. The second-order valence-corrected chi connectivity index (χ2v) is 5.10. The number of ketones is 1. The molecule has 25 heavy (non-hydrogen) atoms. The molecule has 2 aromatic carbocycles. The third kappa shape index (κ3) is 4.73. The highest BCUT2D eigenvalue weighted by molar-refractivity contribution is 5.97. The molecule has 132 valence electrons. The molecule has 0 spiro atoms. The van der Waals surface area contributed by atoms with Gasteiger partial charge in [0, 0.05) is 6.07 Å². The van der Waals surface area contributed by atoms with E-state index in [0.717, 1.165) is 0 Å². The van der Waals surface area contributed by atoms with Gasteiger partial charge in [-0.3, -0.25) is 4.79 Å². The van der Waals surface area contributed by atoms with Crippen molar-refractivity contribution in [2.24, 2.45) is 0 Å². The summed E-state index contributed by atoms with van der Waals surface area (Å²) < 4.78 is 21.1. The molecule has 0 saturated heterocycles. The van der Waals surface area contributed by atoms with Crippen LogP contribution in [-0.4, -0.2) is 39.2 Å². The summed E-state index contributed by atoms with van der Waals surface area (Å²) in [5.74, 6) is 0.863. The fourth-order valence-corrected chi connectivity index (χ4v) is 2.21. The van der Waals surface area contributed by atoms with Crippen molar-refractivity contribution in [2.45, 2.75) is 6.92 Å². The molecule has 0 N–H and O–H groups in total.